The first kappa shape index (κ1) is 11.6. The number of ether oxygens (including phenoxy) is 1. The first-order valence-electron chi connectivity index (χ1n) is 5.29. The van der Waals surface area contributed by atoms with Crippen LogP contribution in [0.2, 0.25) is 0 Å². The van der Waals surface area contributed by atoms with Crippen LogP contribution in [0.5, 0.6) is 5.75 Å². The Morgan fingerprint density at radius 3 is 2.82 bits per heavy atom. The Bertz CT molecular complexity index is 528. The number of benzene rings is 1. The molecule has 0 saturated heterocycles. The van der Waals surface area contributed by atoms with Gasteiger partial charge in [0.05, 0.1) is 18.2 Å². The van der Waals surface area contributed by atoms with Crippen LogP contribution in [0.4, 0.5) is 0 Å². The summed E-state index contributed by atoms with van der Waals surface area (Å²) in [6, 6.07) is 11.8. The molecule has 0 spiro atoms. The number of aromatic nitrogens is 1. The van der Waals surface area contributed by atoms with E-state index in [-0.39, 0.29) is 0 Å². The van der Waals surface area contributed by atoms with Gasteiger partial charge in [0.15, 0.2) is 0 Å². The summed E-state index contributed by atoms with van der Waals surface area (Å²) in [7, 11) is 0. The van der Waals surface area contributed by atoms with Gasteiger partial charge < -0.3 is 4.74 Å². The summed E-state index contributed by atoms with van der Waals surface area (Å²) in [5.41, 5.74) is 0.934. The first-order chi connectivity index (χ1) is 8.29. The Morgan fingerprint density at radius 2 is 2.12 bits per heavy atom. The van der Waals surface area contributed by atoms with Crippen LogP contribution >= 0.6 is 11.3 Å². The Morgan fingerprint density at radius 1 is 1.35 bits per heavy atom. The molecule has 86 valence electrons. The monoisotopic (exact) mass is 244 g/mol. The molecule has 0 radical (unpaired) electrons. The van der Waals surface area contributed by atoms with E-state index >= 15 is 0 Å². The van der Waals surface area contributed by atoms with E-state index < -0.39 is 0 Å². The number of hydrogen-bond acceptors (Lipinski definition) is 4. The van der Waals surface area contributed by atoms with Crippen molar-refractivity contribution in [3.05, 3.63) is 45.9 Å². The molecule has 0 fully saturated rings. The summed E-state index contributed by atoms with van der Waals surface area (Å²) in [5, 5.41) is 9.57. The van der Waals surface area contributed by atoms with Crippen molar-refractivity contribution < 1.29 is 4.74 Å². The number of hydrogen-bond donors (Lipinski definition) is 0. The molecule has 2 aromatic rings. The van der Waals surface area contributed by atoms with E-state index in [2.05, 4.69) is 11.1 Å². The Labute approximate surface area is 104 Å². The van der Waals surface area contributed by atoms with Crippen LogP contribution in [0, 0.1) is 18.3 Å². The van der Waals surface area contributed by atoms with Gasteiger partial charge in [-0.1, -0.05) is 18.2 Å². The van der Waals surface area contributed by atoms with Crippen molar-refractivity contribution in [3.63, 3.8) is 0 Å². The predicted molar refractivity (Wildman–Crippen MR) is 66.9 cm³/mol. The lowest BCUT2D eigenvalue weighted by atomic mass is 10.3. The highest BCUT2D eigenvalue weighted by Gasteiger charge is 2.07. The van der Waals surface area contributed by atoms with Gasteiger partial charge >= 0.3 is 0 Å². The molecule has 1 aromatic heterocycles. The van der Waals surface area contributed by atoms with Gasteiger partial charge in [-0.05, 0) is 19.1 Å². The third-order valence-electron chi connectivity index (χ3n) is 2.28. The van der Waals surface area contributed by atoms with Crippen molar-refractivity contribution in [1.29, 1.82) is 5.26 Å². The van der Waals surface area contributed by atoms with Gasteiger partial charge in [-0.25, -0.2) is 4.98 Å². The van der Waals surface area contributed by atoms with E-state index in [1.807, 2.05) is 37.3 Å². The topological polar surface area (TPSA) is 45.9 Å². The van der Waals surface area contributed by atoms with Crippen LogP contribution in [-0.2, 0) is 13.0 Å². The highest BCUT2D eigenvalue weighted by atomic mass is 32.1. The third kappa shape index (κ3) is 3.05. The van der Waals surface area contributed by atoms with Crippen LogP contribution in [0.15, 0.2) is 30.3 Å². The zero-order chi connectivity index (χ0) is 12.1. The zero-order valence-corrected chi connectivity index (χ0v) is 10.3. The quantitative estimate of drug-likeness (QED) is 0.830. The number of nitriles is 1. The van der Waals surface area contributed by atoms with Gasteiger partial charge in [0.2, 0.25) is 0 Å². The Balaban J connectivity index is 2.00. The molecule has 0 atom stereocenters. The Kier molecular flexibility index (Phi) is 3.73. The average Bonchev–Trinajstić information content (AvgIpc) is 2.70. The molecule has 0 unspecified atom stereocenters. The summed E-state index contributed by atoms with van der Waals surface area (Å²) < 4.78 is 5.60. The summed E-state index contributed by atoms with van der Waals surface area (Å²) >= 11 is 1.54. The second-order valence-electron chi connectivity index (χ2n) is 3.55. The summed E-state index contributed by atoms with van der Waals surface area (Å²) in [5.74, 6) is 0.835. The normalized spacial score (nSPS) is 9.88. The van der Waals surface area contributed by atoms with Crippen LogP contribution in [-0.4, -0.2) is 4.98 Å². The number of nitrogens with zero attached hydrogens (tertiary/aromatic N) is 2. The van der Waals surface area contributed by atoms with E-state index in [0.717, 1.165) is 21.3 Å². The maximum atomic E-state index is 8.66. The molecule has 0 saturated carbocycles. The molecule has 0 aliphatic rings. The molecule has 0 aliphatic heterocycles. The fraction of sp³-hybridized carbons (Fsp3) is 0.231. The fourth-order valence-electron chi connectivity index (χ4n) is 1.45. The van der Waals surface area contributed by atoms with E-state index in [1.165, 1.54) is 0 Å². The zero-order valence-electron chi connectivity index (χ0n) is 9.51. The van der Waals surface area contributed by atoms with Gasteiger partial charge in [0.1, 0.15) is 17.4 Å². The first-order valence-corrected chi connectivity index (χ1v) is 6.11. The van der Waals surface area contributed by atoms with Gasteiger partial charge in [-0.2, -0.15) is 5.26 Å². The lowest BCUT2D eigenvalue weighted by molar-refractivity contribution is 0.305. The highest BCUT2D eigenvalue weighted by molar-refractivity contribution is 7.11. The molecule has 0 aliphatic carbocycles. The van der Waals surface area contributed by atoms with Crippen molar-refractivity contribution >= 4 is 11.3 Å². The maximum absolute atomic E-state index is 8.66. The third-order valence-corrected chi connectivity index (χ3v) is 3.41. The fourth-order valence-corrected chi connectivity index (χ4v) is 2.36. The molecular weight excluding hydrogens is 232 g/mol. The number of thiazole rings is 1. The SMILES string of the molecule is Cc1nc(COc2ccccc2)sc1CC#N. The number of para-hydroxylation sites is 1. The van der Waals surface area contributed by atoms with Crippen molar-refractivity contribution in [2.24, 2.45) is 0 Å². The molecule has 4 heteroatoms. The van der Waals surface area contributed by atoms with Crippen LogP contribution < -0.4 is 4.74 Å². The highest BCUT2D eigenvalue weighted by Crippen LogP contribution is 2.20. The smallest absolute Gasteiger partial charge is 0.140 e. The lowest BCUT2D eigenvalue weighted by Crippen LogP contribution is -1.94. The van der Waals surface area contributed by atoms with Crippen molar-refractivity contribution in [2.75, 3.05) is 0 Å². The molecule has 0 amide bonds. The van der Waals surface area contributed by atoms with Crippen LogP contribution in [0.3, 0.4) is 0 Å². The second-order valence-corrected chi connectivity index (χ2v) is 4.72. The maximum Gasteiger partial charge on any atom is 0.140 e. The average molecular weight is 244 g/mol. The largest absolute Gasteiger partial charge is 0.486 e. The van der Waals surface area contributed by atoms with Gasteiger partial charge in [0.25, 0.3) is 0 Å². The molecule has 1 aromatic carbocycles. The van der Waals surface area contributed by atoms with E-state index in [9.17, 15) is 0 Å². The molecule has 2 rings (SSSR count). The summed E-state index contributed by atoms with van der Waals surface area (Å²) in [6.07, 6.45) is 0.425. The second kappa shape index (κ2) is 5.46. The van der Waals surface area contributed by atoms with Crippen molar-refractivity contribution in [3.8, 4) is 11.8 Å². The molecule has 0 bridgehead atoms. The van der Waals surface area contributed by atoms with Crippen LogP contribution in [0.1, 0.15) is 15.6 Å². The standard InChI is InChI=1S/C13H12N2OS/c1-10-12(7-8-14)17-13(15-10)9-16-11-5-3-2-4-6-11/h2-6H,7,9H2,1H3. The van der Waals surface area contributed by atoms with Crippen molar-refractivity contribution in [1.82, 2.24) is 4.98 Å². The lowest BCUT2D eigenvalue weighted by Gasteiger charge is -2.02. The summed E-state index contributed by atoms with van der Waals surface area (Å²) in [6.45, 7) is 2.39. The van der Waals surface area contributed by atoms with E-state index in [4.69, 9.17) is 10.00 Å². The molecule has 0 N–H and O–H groups in total. The van der Waals surface area contributed by atoms with Crippen LogP contribution in [0.25, 0.3) is 0 Å². The van der Waals surface area contributed by atoms with Gasteiger partial charge in [-0.3, -0.25) is 0 Å². The van der Waals surface area contributed by atoms with Gasteiger partial charge in [0, 0.05) is 4.88 Å². The molecule has 1 heterocycles. The van der Waals surface area contributed by atoms with E-state index in [0.29, 0.717) is 13.0 Å². The number of rotatable bonds is 4. The molecule has 17 heavy (non-hydrogen) atoms. The minimum Gasteiger partial charge on any atom is -0.486 e. The Hall–Kier alpha value is -1.86. The minimum absolute atomic E-state index is 0.425. The van der Waals surface area contributed by atoms with Crippen molar-refractivity contribution in [2.45, 2.75) is 20.0 Å². The minimum atomic E-state index is 0.425. The predicted octanol–water partition coefficient (Wildman–Crippen LogP) is 3.10. The molecule has 3 nitrogen and oxygen atoms in total. The summed E-state index contributed by atoms with van der Waals surface area (Å²) in [4.78, 5) is 5.41. The molecular formula is C13H12N2OS. The van der Waals surface area contributed by atoms with E-state index in [1.54, 1.807) is 11.3 Å². The van der Waals surface area contributed by atoms with Gasteiger partial charge in [-0.15, -0.1) is 11.3 Å². The number of aryl methyl sites for hydroxylation is 1.